The van der Waals surface area contributed by atoms with E-state index >= 15 is 0 Å². The first-order valence-electron chi connectivity index (χ1n) is 7.33. The summed E-state index contributed by atoms with van der Waals surface area (Å²) in [7, 11) is 0. The van der Waals surface area contributed by atoms with Crippen LogP contribution in [0.4, 0.5) is 5.69 Å². The number of fused-ring (bicyclic) bond motifs is 1. The summed E-state index contributed by atoms with van der Waals surface area (Å²) in [5, 5.41) is 3.62. The van der Waals surface area contributed by atoms with E-state index < -0.39 is 0 Å². The molecular formula is C16H24N2O. The van der Waals surface area contributed by atoms with Crippen molar-refractivity contribution in [2.75, 3.05) is 38.2 Å². The molecule has 2 atom stereocenters. The van der Waals surface area contributed by atoms with Crippen LogP contribution in [0.3, 0.4) is 0 Å². The molecule has 0 saturated carbocycles. The third kappa shape index (κ3) is 2.37. The predicted octanol–water partition coefficient (Wildman–Crippen LogP) is 2.74. The number of rotatable bonds is 1. The summed E-state index contributed by atoms with van der Waals surface area (Å²) in [5.74, 6) is 0.645. The van der Waals surface area contributed by atoms with Gasteiger partial charge in [0.15, 0.2) is 0 Å². The Labute approximate surface area is 115 Å². The van der Waals surface area contributed by atoms with E-state index in [0.717, 1.165) is 32.8 Å². The van der Waals surface area contributed by atoms with Crippen molar-refractivity contribution in [2.45, 2.75) is 26.8 Å². The number of anilines is 1. The molecule has 19 heavy (non-hydrogen) atoms. The van der Waals surface area contributed by atoms with E-state index in [1.807, 2.05) is 0 Å². The number of hydrogen-bond acceptors (Lipinski definition) is 3. The predicted molar refractivity (Wildman–Crippen MR) is 78.7 cm³/mol. The van der Waals surface area contributed by atoms with Gasteiger partial charge < -0.3 is 10.1 Å². The van der Waals surface area contributed by atoms with Gasteiger partial charge in [0.25, 0.3) is 0 Å². The van der Waals surface area contributed by atoms with Gasteiger partial charge in [-0.15, -0.1) is 0 Å². The Morgan fingerprint density at radius 3 is 2.68 bits per heavy atom. The van der Waals surface area contributed by atoms with E-state index in [1.165, 1.54) is 22.4 Å². The van der Waals surface area contributed by atoms with Gasteiger partial charge in [0.05, 0.1) is 13.2 Å². The molecule has 2 unspecified atom stereocenters. The molecular weight excluding hydrogens is 236 g/mol. The number of nitrogens with one attached hydrogen (secondary N) is 1. The van der Waals surface area contributed by atoms with Crippen LogP contribution in [0.1, 0.15) is 29.7 Å². The van der Waals surface area contributed by atoms with Crippen LogP contribution in [-0.2, 0) is 4.74 Å². The second kappa shape index (κ2) is 5.14. The van der Waals surface area contributed by atoms with Crippen LogP contribution in [0, 0.1) is 19.8 Å². The van der Waals surface area contributed by atoms with Crippen molar-refractivity contribution in [3.05, 3.63) is 28.8 Å². The van der Waals surface area contributed by atoms with E-state index in [1.54, 1.807) is 0 Å². The van der Waals surface area contributed by atoms with E-state index in [4.69, 9.17) is 4.74 Å². The molecule has 3 nitrogen and oxygen atoms in total. The maximum absolute atomic E-state index is 5.50. The summed E-state index contributed by atoms with van der Waals surface area (Å²) >= 11 is 0. The first kappa shape index (κ1) is 12.9. The lowest BCUT2D eigenvalue weighted by molar-refractivity contribution is 0.00417. The highest BCUT2D eigenvalue weighted by Crippen LogP contribution is 2.40. The third-order valence-corrected chi connectivity index (χ3v) is 4.41. The topological polar surface area (TPSA) is 24.5 Å². The number of nitrogens with zero attached hydrogens (tertiary/aromatic N) is 1. The van der Waals surface area contributed by atoms with Gasteiger partial charge in [0.1, 0.15) is 0 Å². The Morgan fingerprint density at radius 1 is 1.21 bits per heavy atom. The quantitative estimate of drug-likeness (QED) is 0.840. The maximum atomic E-state index is 5.50. The number of hydrogen-bond donors (Lipinski definition) is 1. The molecule has 2 aliphatic rings. The van der Waals surface area contributed by atoms with E-state index in [0.29, 0.717) is 12.0 Å². The highest BCUT2D eigenvalue weighted by Gasteiger charge is 2.32. The molecule has 0 spiro atoms. The monoisotopic (exact) mass is 260 g/mol. The molecule has 1 aromatic carbocycles. The second-order valence-electron chi connectivity index (χ2n) is 6.00. The van der Waals surface area contributed by atoms with Crippen LogP contribution in [-0.4, -0.2) is 37.7 Å². The Hall–Kier alpha value is -1.06. The molecule has 0 aromatic heterocycles. The molecule has 1 saturated heterocycles. The van der Waals surface area contributed by atoms with Crippen LogP contribution < -0.4 is 5.32 Å². The number of morpholine rings is 1. The van der Waals surface area contributed by atoms with E-state index in [9.17, 15) is 0 Å². The van der Waals surface area contributed by atoms with E-state index in [-0.39, 0.29) is 0 Å². The maximum Gasteiger partial charge on any atom is 0.0594 e. The smallest absolute Gasteiger partial charge is 0.0594 e. The summed E-state index contributed by atoms with van der Waals surface area (Å²) in [6, 6.07) is 5.18. The van der Waals surface area contributed by atoms with Gasteiger partial charge in [-0.25, -0.2) is 0 Å². The zero-order valence-electron chi connectivity index (χ0n) is 12.2. The van der Waals surface area contributed by atoms with Gasteiger partial charge in [-0.2, -0.15) is 0 Å². The van der Waals surface area contributed by atoms with Crippen molar-refractivity contribution in [1.29, 1.82) is 0 Å². The van der Waals surface area contributed by atoms with Crippen molar-refractivity contribution in [3.63, 3.8) is 0 Å². The van der Waals surface area contributed by atoms with Crippen molar-refractivity contribution in [2.24, 2.45) is 5.92 Å². The molecule has 0 radical (unpaired) electrons. The molecule has 2 heterocycles. The Bertz CT molecular complexity index is 466. The van der Waals surface area contributed by atoms with Crippen molar-refractivity contribution in [1.82, 2.24) is 4.90 Å². The van der Waals surface area contributed by atoms with Crippen molar-refractivity contribution >= 4 is 5.69 Å². The molecule has 0 amide bonds. The minimum Gasteiger partial charge on any atom is -0.384 e. The van der Waals surface area contributed by atoms with Crippen LogP contribution in [0.5, 0.6) is 0 Å². The van der Waals surface area contributed by atoms with E-state index in [2.05, 4.69) is 43.1 Å². The SMILES string of the molecule is Cc1cc(C)c2c(c1)C(N1CCOCC1)C(C)CN2. The van der Waals surface area contributed by atoms with Gasteiger partial charge in [-0.05, 0) is 30.9 Å². The lowest BCUT2D eigenvalue weighted by atomic mass is 9.85. The number of benzene rings is 1. The second-order valence-corrected chi connectivity index (χ2v) is 6.00. The first-order chi connectivity index (χ1) is 9.16. The fourth-order valence-corrected chi connectivity index (χ4v) is 3.57. The summed E-state index contributed by atoms with van der Waals surface area (Å²) in [6.07, 6.45) is 0. The van der Waals surface area contributed by atoms with Crippen molar-refractivity contribution in [3.8, 4) is 0 Å². The summed E-state index contributed by atoms with van der Waals surface area (Å²) < 4.78 is 5.50. The van der Waals surface area contributed by atoms with Crippen LogP contribution in [0.25, 0.3) is 0 Å². The fourth-order valence-electron chi connectivity index (χ4n) is 3.57. The van der Waals surface area contributed by atoms with Gasteiger partial charge in [-0.3, -0.25) is 4.90 Å². The Kier molecular flexibility index (Phi) is 3.50. The van der Waals surface area contributed by atoms with Crippen molar-refractivity contribution < 1.29 is 4.74 Å². The normalized spacial score (nSPS) is 27.7. The molecule has 2 aliphatic heterocycles. The van der Waals surface area contributed by atoms with Gasteiger partial charge in [0.2, 0.25) is 0 Å². The molecule has 1 N–H and O–H groups in total. The molecule has 104 valence electrons. The average Bonchev–Trinajstić information content (AvgIpc) is 2.39. The largest absolute Gasteiger partial charge is 0.384 e. The minimum absolute atomic E-state index is 0.541. The zero-order valence-corrected chi connectivity index (χ0v) is 12.2. The molecule has 1 aromatic rings. The van der Waals surface area contributed by atoms with Crippen LogP contribution >= 0.6 is 0 Å². The lowest BCUT2D eigenvalue weighted by Gasteiger charge is -2.42. The molecule has 3 heteroatoms. The zero-order chi connectivity index (χ0) is 13.4. The fraction of sp³-hybridized carbons (Fsp3) is 0.625. The third-order valence-electron chi connectivity index (χ3n) is 4.41. The average molecular weight is 260 g/mol. The molecule has 0 aliphatic carbocycles. The molecule has 3 rings (SSSR count). The number of aryl methyl sites for hydroxylation is 2. The highest BCUT2D eigenvalue weighted by molar-refractivity contribution is 5.61. The lowest BCUT2D eigenvalue weighted by Crippen LogP contribution is -2.44. The van der Waals surface area contributed by atoms with Crippen LogP contribution in [0.15, 0.2) is 12.1 Å². The summed E-state index contributed by atoms with van der Waals surface area (Å²) in [5.41, 5.74) is 5.59. The summed E-state index contributed by atoms with van der Waals surface area (Å²) in [4.78, 5) is 2.60. The molecule has 1 fully saturated rings. The standard InChI is InChI=1S/C16H24N2O/c1-11-8-12(2)15-14(9-11)16(13(3)10-17-15)18-4-6-19-7-5-18/h8-9,13,16-17H,4-7,10H2,1-3H3. The minimum atomic E-state index is 0.541. The van der Waals surface area contributed by atoms with Crippen LogP contribution in [0.2, 0.25) is 0 Å². The Balaban J connectivity index is 2.00. The molecule has 0 bridgehead atoms. The van der Waals surface area contributed by atoms with Gasteiger partial charge in [0, 0.05) is 31.4 Å². The summed E-state index contributed by atoms with van der Waals surface area (Å²) in [6.45, 7) is 11.7. The number of ether oxygens (including phenoxy) is 1. The highest BCUT2D eigenvalue weighted by atomic mass is 16.5. The Morgan fingerprint density at radius 2 is 1.95 bits per heavy atom. The van der Waals surface area contributed by atoms with Gasteiger partial charge >= 0.3 is 0 Å². The first-order valence-corrected chi connectivity index (χ1v) is 7.33. The van der Waals surface area contributed by atoms with Gasteiger partial charge in [-0.1, -0.05) is 24.6 Å².